The minimum absolute atomic E-state index is 0.0683. The lowest BCUT2D eigenvalue weighted by Crippen LogP contribution is -2.20. The molecule has 1 aromatic carbocycles. The first kappa shape index (κ1) is 9.58. The largest absolute Gasteiger partial charge is 0.384 e. The van der Waals surface area contributed by atoms with Crippen LogP contribution in [0.15, 0.2) is 35.1 Å². The normalized spacial score (nSPS) is 10.5. The number of nitrogens with zero attached hydrogens (tertiary/aromatic N) is 2. The predicted octanol–water partition coefficient (Wildman–Crippen LogP) is 1.07. The average molecular weight is 203 g/mol. The van der Waals surface area contributed by atoms with E-state index >= 15 is 0 Å². The van der Waals surface area contributed by atoms with Crippen LogP contribution in [-0.4, -0.2) is 9.36 Å². The van der Waals surface area contributed by atoms with E-state index in [1.54, 1.807) is 23.3 Å². The molecule has 0 unspecified atom stereocenters. The van der Waals surface area contributed by atoms with Crippen LogP contribution in [0.5, 0.6) is 0 Å². The molecule has 2 aromatic rings. The van der Waals surface area contributed by atoms with Crippen LogP contribution in [0.25, 0.3) is 5.69 Å². The second-order valence-corrected chi connectivity index (χ2v) is 3.49. The molecule has 0 aliphatic carbocycles. The fraction of sp³-hybridized carbons (Fsp3) is 0.182. The molecule has 0 amide bonds. The zero-order chi connectivity index (χ0) is 11.0. The Morgan fingerprint density at radius 2 is 1.80 bits per heavy atom. The number of nitrogens with two attached hydrogens (primary N) is 1. The molecule has 15 heavy (non-hydrogen) atoms. The highest BCUT2D eigenvalue weighted by molar-refractivity contribution is 5.42. The number of hydrogen-bond donors (Lipinski definition) is 1. The summed E-state index contributed by atoms with van der Waals surface area (Å²) in [5.41, 5.74) is 7.12. The van der Waals surface area contributed by atoms with Gasteiger partial charge in [0.15, 0.2) is 0 Å². The number of para-hydroxylation sites is 1. The minimum Gasteiger partial charge on any atom is -0.384 e. The van der Waals surface area contributed by atoms with Crippen LogP contribution in [0.1, 0.15) is 5.56 Å². The smallest absolute Gasteiger partial charge is 0.276 e. The summed E-state index contributed by atoms with van der Waals surface area (Å²) in [6, 6.07) is 9.44. The molecule has 4 heteroatoms. The van der Waals surface area contributed by atoms with Crippen molar-refractivity contribution >= 4 is 5.82 Å². The molecule has 0 aliphatic heterocycles. The van der Waals surface area contributed by atoms with Crippen LogP contribution in [0.4, 0.5) is 5.82 Å². The van der Waals surface area contributed by atoms with E-state index in [1.165, 1.54) is 0 Å². The number of nitrogen functional groups attached to an aromatic ring is 1. The van der Waals surface area contributed by atoms with Crippen molar-refractivity contribution in [3.8, 4) is 5.69 Å². The van der Waals surface area contributed by atoms with Gasteiger partial charge >= 0.3 is 0 Å². The van der Waals surface area contributed by atoms with Crippen molar-refractivity contribution < 1.29 is 0 Å². The minimum atomic E-state index is -0.0683. The summed E-state index contributed by atoms with van der Waals surface area (Å²) in [6.45, 7) is 1.73. The first-order valence-electron chi connectivity index (χ1n) is 4.72. The van der Waals surface area contributed by atoms with Gasteiger partial charge in [-0.15, -0.1) is 0 Å². The van der Waals surface area contributed by atoms with Gasteiger partial charge in [0.2, 0.25) is 0 Å². The summed E-state index contributed by atoms with van der Waals surface area (Å²) in [5.74, 6) is 0.504. The quantitative estimate of drug-likeness (QED) is 0.753. The van der Waals surface area contributed by atoms with E-state index in [2.05, 4.69) is 0 Å². The molecule has 0 bridgehead atoms. The molecule has 0 saturated carbocycles. The molecular formula is C11H13N3O. The van der Waals surface area contributed by atoms with E-state index in [4.69, 9.17) is 5.73 Å². The van der Waals surface area contributed by atoms with Gasteiger partial charge in [0.1, 0.15) is 5.82 Å². The number of hydrogen-bond acceptors (Lipinski definition) is 2. The van der Waals surface area contributed by atoms with Crippen LogP contribution in [-0.2, 0) is 7.05 Å². The standard InChI is InChI=1S/C11H13N3O/c1-8-10(12)13(2)14(11(8)15)9-6-4-3-5-7-9/h3-7H,12H2,1-2H3. The van der Waals surface area contributed by atoms with Gasteiger partial charge in [0.25, 0.3) is 5.56 Å². The lowest BCUT2D eigenvalue weighted by Gasteiger charge is -2.07. The van der Waals surface area contributed by atoms with Crippen molar-refractivity contribution in [2.45, 2.75) is 6.92 Å². The van der Waals surface area contributed by atoms with E-state index in [-0.39, 0.29) is 5.56 Å². The second kappa shape index (κ2) is 3.31. The van der Waals surface area contributed by atoms with E-state index in [9.17, 15) is 4.79 Å². The van der Waals surface area contributed by atoms with Crippen LogP contribution in [0.3, 0.4) is 0 Å². The third-order valence-electron chi connectivity index (χ3n) is 2.55. The van der Waals surface area contributed by atoms with Gasteiger partial charge in [-0.05, 0) is 19.1 Å². The number of aromatic nitrogens is 2. The lowest BCUT2D eigenvalue weighted by atomic mass is 10.3. The number of rotatable bonds is 1. The molecule has 0 radical (unpaired) electrons. The SMILES string of the molecule is Cc1c(N)n(C)n(-c2ccccc2)c1=O. The predicted molar refractivity (Wildman–Crippen MR) is 60.2 cm³/mol. The zero-order valence-corrected chi connectivity index (χ0v) is 8.77. The Labute approximate surface area is 87.5 Å². The average Bonchev–Trinajstić information content (AvgIpc) is 2.45. The molecule has 1 heterocycles. The van der Waals surface area contributed by atoms with Gasteiger partial charge in [0.05, 0.1) is 11.3 Å². The van der Waals surface area contributed by atoms with Crippen molar-refractivity contribution in [1.29, 1.82) is 0 Å². The Bertz CT molecular complexity index is 537. The molecule has 0 saturated heterocycles. The van der Waals surface area contributed by atoms with E-state index in [0.29, 0.717) is 11.4 Å². The number of benzene rings is 1. The van der Waals surface area contributed by atoms with Gasteiger partial charge in [0, 0.05) is 7.05 Å². The molecule has 0 fully saturated rings. The monoisotopic (exact) mass is 203 g/mol. The number of anilines is 1. The highest BCUT2D eigenvalue weighted by Crippen LogP contribution is 2.10. The first-order valence-corrected chi connectivity index (χ1v) is 4.72. The Kier molecular flexibility index (Phi) is 2.11. The Balaban J connectivity index is 2.75. The summed E-state index contributed by atoms with van der Waals surface area (Å²) >= 11 is 0. The molecular weight excluding hydrogens is 190 g/mol. The third-order valence-corrected chi connectivity index (χ3v) is 2.55. The Morgan fingerprint density at radius 3 is 2.27 bits per heavy atom. The molecule has 1 aromatic heterocycles. The molecule has 0 atom stereocenters. The topological polar surface area (TPSA) is 52.9 Å². The van der Waals surface area contributed by atoms with Crippen LogP contribution >= 0.6 is 0 Å². The fourth-order valence-electron chi connectivity index (χ4n) is 1.61. The molecule has 2 rings (SSSR count). The molecule has 4 nitrogen and oxygen atoms in total. The maximum atomic E-state index is 11.9. The molecule has 78 valence electrons. The van der Waals surface area contributed by atoms with Crippen LogP contribution < -0.4 is 11.3 Å². The Morgan fingerprint density at radius 1 is 1.20 bits per heavy atom. The maximum absolute atomic E-state index is 11.9. The third kappa shape index (κ3) is 1.34. The second-order valence-electron chi connectivity index (χ2n) is 3.49. The summed E-state index contributed by atoms with van der Waals surface area (Å²) in [6.07, 6.45) is 0. The van der Waals surface area contributed by atoms with Gasteiger partial charge in [-0.1, -0.05) is 18.2 Å². The van der Waals surface area contributed by atoms with E-state index in [1.807, 2.05) is 30.3 Å². The lowest BCUT2D eigenvalue weighted by molar-refractivity contribution is 0.654. The van der Waals surface area contributed by atoms with Gasteiger partial charge in [-0.25, -0.2) is 4.68 Å². The van der Waals surface area contributed by atoms with Gasteiger partial charge in [-0.2, -0.15) is 0 Å². The summed E-state index contributed by atoms with van der Waals surface area (Å²) < 4.78 is 3.22. The van der Waals surface area contributed by atoms with Crippen LogP contribution in [0, 0.1) is 6.92 Å². The van der Waals surface area contributed by atoms with E-state index in [0.717, 1.165) is 5.69 Å². The Hall–Kier alpha value is -1.97. The fourth-order valence-corrected chi connectivity index (χ4v) is 1.61. The van der Waals surface area contributed by atoms with Crippen LogP contribution in [0.2, 0.25) is 0 Å². The van der Waals surface area contributed by atoms with Crippen molar-refractivity contribution in [2.24, 2.45) is 7.05 Å². The summed E-state index contributed by atoms with van der Waals surface area (Å²) in [7, 11) is 1.77. The van der Waals surface area contributed by atoms with E-state index < -0.39 is 0 Å². The molecule has 0 aliphatic rings. The highest BCUT2D eigenvalue weighted by atomic mass is 16.1. The molecule has 0 spiro atoms. The van der Waals surface area contributed by atoms with Crippen molar-refractivity contribution in [1.82, 2.24) is 9.36 Å². The first-order chi connectivity index (χ1) is 7.13. The van der Waals surface area contributed by atoms with Crippen molar-refractivity contribution in [2.75, 3.05) is 5.73 Å². The van der Waals surface area contributed by atoms with Crippen molar-refractivity contribution in [3.05, 3.63) is 46.2 Å². The summed E-state index contributed by atoms with van der Waals surface area (Å²) in [5, 5.41) is 0. The highest BCUT2D eigenvalue weighted by Gasteiger charge is 2.12. The van der Waals surface area contributed by atoms with Gasteiger partial charge < -0.3 is 5.73 Å². The zero-order valence-electron chi connectivity index (χ0n) is 8.77. The maximum Gasteiger partial charge on any atom is 0.276 e. The van der Waals surface area contributed by atoms with Crippen molar-refractivity contribution in [3.63, 3.8) is 0 Å². The van der Waals surface area contributed by atoms with Gasteiger partial charge in [-0.3, -0.25) is 9.48 Å². The summed E-state index contributed by atoms with van der Waals surface area (Å²) in [4.78, 5) is 11.9. The molecule has 2 N–H and O–H groups in total.